The SMILES string of the molecule is CCc1[nH]c(C2CCCCC2)nc1C(O)C(C(c1ccccc1)c1ccccc1)N1CCNCC1.Cl.Cl.Cl. The first kappa shape index (κ1) is 32.6. The Bertz CT molecular complexity index is 1010. The minimum atomic E-state index is -0.679. The molecule has 0 bridgehead atoms. The van der Waals surface area contributed by atoms with Crippen LogP contribution < -0.4 is 5.32 Å². The molecule has 3 aromatic rings. The number of aromatic amines is 1. The Morgan fingerprint density at radius 1 is 0.868 bits per heavy atom. The highest BCUT2D eigenvalue weighted by Gasteiger charge is 2.39. The van der Waals surface area contributed by atoms with Crippen LogP contribution in [0.1, 0.15) is 85.3 Å². The maximum Gasteiger partial charge on any atom is 0.114 e. The van der Waals surface area contributed by atoms with Crippen LogP contribution >= 0.6 is 37.2 Å². The Balaban J connectivity index is 0.00000169. The number of piperazine rings is 1. The van der Waals surface area contributed by atoms with Gasteiger partial charge in [0, 0.05) is 43.7 Å². The third-order valence-corrected chi connectivity index (χ3v) is 8.01. The number of rotatable bonds is 8. The summed E-state index contributed by atoms with van der Waals surface area (Å²) < 4.78 is 0. The molecule has 5 rings (SSSR count). The van der Waals surface area contributed by atoms with Crippen molar-refractivity contribution in [2.24, 2.45) is 0 Å². The van der Waals surface area contributed by atoms with E-state index in [9.17, 15) is 5.11 Å². The van der Waals surface area contributed by atoms with Gasteiger partial charge in [-0.2, -0.15) is 0 Å². The van der Waals surface area contributed by atoms with E-state index in [2.05, 4.69) is 82.8 Å². The van der Waals surface area contributed by atoms with E-state index in [1.807, 2.05) is 0 Å². The molecule has 38 heavy (non-hydrogen) atoms. The molecule has 1 saturated carbocycles. The predicted molar refractivity (Wildman–Crippen MR) is 163 cm³/mol. The van der Waals surface area contributed by atoms with Crippen LogP contribution in [-0.2, 0) is 6.42 Å². The second-order valence-electron chi connectivity index (χ2n) is 10.2. The number of H-pyrrole nitrogens is 1. The topological polar surface area (TPSA) is 64.2 Å². The molecule has 1 saturated heterocycles. The minimum Gasteiger partial charge on any atom is -0.385 e. The Morgan fingerprint density at radius 2 is 1.42 bits per heavy atom. The first-order valence-electron chi connectivity index (χ1n) is 13.6. The second kappa shape index (κ2) is 15.9. The van der Waals surface area contributed by atoms with Crippen LogP contribution in [0.2, 0.25) is 0 Å². The van der Waals surface area contributed by atoms with Gasteiger partial charge in [-0.05, 0) is 30.4 Å². The summed E-state index contributed by atoms with van der Waals surface area (Å²) >= 11 is 0. The van der Waals surface area contributed by atoms with Gasteiger partial charge >= 0.3 is 0 Å². The fraction of sp³-hybridized carbons (Fsp3) is 0.500. The Kier molecular flexibility index (Phi) is 13.6. The van der Waals surface area contributed by atoms with Crippen LogP contribution in [0.3, 0.4) is 0 Å². The molecule has 2 heterocycles. The summed E-state index contributed by atoms with van der Waals surface area (Å²) in [6, 6.07) is 21.3. The number of aliphatic hydroxyl groups is 1. The second-order valence-corrected chi connectivity index (χ2v) is 10.2. The lowest BCUT2D eigenvalue weighted by molar-refractivity contribution is 0.0293. The van der Waals surface area contributed by atoms with Gasteiger partial charge in [0.15, 0.2) is 0 Å². The van der Waals surface area contributed by atoms with Crippen LogP contribution in [0.4, 0.5) is 0 Å². The Hall–Kier alpha value is -1.60. The zero-order valence-electron chi connectivity index (χ0n) is 22.2. The van der Waals surface area contributed by atoms with Gasteiger partial charge in [0.2, 0.25) is 0 Å². The van der Waals surface area contributed by atoms with Crippen molar-refractivity contribution in [1.82, 2.24) is 20.2 Å². The van der Waals surface area contributed by atoms with Crippen LogP contribution in [-0.4, -0.2) is 52.2 Å². The molecule has 1 aromatic heterocycles. The largest absolute Gasteiger partial charge is 0.385 e. The smallest absolute Gasteiger partial charge is 0.114 e. The molecule has 5 nitrogen and oxygen atoms in total. The number of imidazole rings is 1. The van der Waals surface area contributed by atoms with E-state index in [1.54, 1.807) is 0 Å². The molecule has 1 aliphatic heterocycles. The standard InChI is InChI=1S/C30H40N4O.3ClH/c1-2-25-27(33-30(32-25)24-16-10-5-11-17-24)29(35)28(34-20-18-31-19-21-34)26(22-12-6-3-7-13-22)23-14-8-4-9-15-23;;;/h3-4,6-9,12-15,24,26,28-29,31,35H,2,5,10-11,16-21H2,1H3,(H,32,33);3*1H. The number of halogens is 3. The average Bonchev–Trinajstić information content (AvgIpc) is 3.38. The van der Waals surface area contributed by atoms with Gasteiger partial charge in [-0.1, -0.05) is 86.8 Å². The van der Waals surface area contributed by atoms with Crippen molar-refractivity contribution in [3.8, 4) is 0 Å². The summed E-state index contributed by atoms with van der Waals surface area (Å²) in [6.07, 6.45) is 6.45. The molecule has 0 amide bonds. The summed E-state index contributed by atoms with van der Waals surface area (Å²) in [5.74, 6) is 1.63. The fourth-order valence-corrected chi connectivity index (χ4v) is 6.17. The number of benzene rings is 2. The number of aromatic nitrogens is 2. The zero-order chi connectivity index (χ0) is 24.0. The molecular formula is C30H43Cl3N4O. The van der Waals surface area contributed by atoms with Crippen molar-refractivity contribution < 1.29 is 5.11 Å². The number of hydrogen-bond acceptors (Lipinski definition) is 4. The quantitative estimate of drug-likeness (QED) is 0.287. The molecule has 2 aromatic carbocycles. The highest BCUT2D eigenvalue weighted by atomic mass is 35.5. The maximum atomic E-state index is 12.2. The van der Waals surface area contributed by atoms with Crippen LogP contribution in [0.5, 0.6) is 0 Å². The van der Waals surface area contributed by atoms with Gasteiger partial charge in [-0.15, -0.1) is 37.2 Å². The normalized spacial score (nSPS) is 18.1. The van der Waals surface area contributed by atoms with E-state index >= 15 is 0 Å². The van der Waals surface area contributed by atoms with Crippen molar-refractivity contribution in [2.45, 2.75) is 69.4 Å². The fourth-order valence-electron chi connectivity index (χ4n) is 6.17. The molecule has 2 fully saturated rings. The van der Waals surface area contributed by atoms with Gasteiger partial charge in [-0.3, -0.25) is 4.90 Å². The maximum absolute atomic E-state index is 12.2. The van der Waals surface area contributed by atoms with E-state index in [1.165, 1.54) is 43.2 Å². The average molecular weight is 582 g/mol. The van der Waals surface area contributed by atoms with Crippen molar-refractivity contribution >= 4 is 37.2 Å². The van der Waals surface area contributed by atoms with Gasteiger partial charge in [0.25, 0.3) is 0 Å². The summed E-state index contributed by atoms with van der Waals surface area (Å²) in [4.78, 5) is 11.3. The Labute approximate surface area is 246 Å². The number of nitrogens with one attached hydrogen (secondary N) is 2. The number of aryl methyl sites for hydroxylation is 1. The van der Waals surface area contributed by atoms with Gasteiger partial charge in [0.1, 0.15) is 11.9 Å². The lowest BCUT2D eigenvalue weighted by Gasteiger charge is -2.42. The van der Waals surface area contributed by atoms with Crippen LogP contribution in [0, 0.1) is 0 Å². The van der Waals surface area contributed by atoms with Gasteiger partial charge < -0.3 is 15.4 Å². The highest BCUT2D eigenvalue weighted by Crippen LogP contribution is 2.39. The molecule has 210 valence electrons. The molecule has 3 N–H and O–H groups in total. The summed E-state index contributed by atoms with van der Waals surface area (Å²) in [5, 5.41) is 15.7. The van der Waals surface area contributed by atoms with Gasteiger partial charge in [0.05, 0.1) is 11.7 Å². The van der Waals surface area contributed by atoms with E-state index in [0.717, 1.165) is 49.8 Å². The number of nitrogens with zero attached hydrogens (tertiary/aromatic N) is 2. The molecule has 0 radical (unpaired) electrons. The first-order valence-corrected chi connectivity index (χ1v) is 13.6. The molecule has 0 spiro atoms. The van der Waals surface area contributed by atoms with Crippen LogP contribution in [0.15, 0.2) is 60.7 Å². The van der Waals surface area contributed by atoms with E-state index in [0.29, 0.717) is 5.92 Å². The molecule has 8 heteroatoms. The minimum absolute atomic E-state index is 0. The van der Waals surface area contributed by atoms with E-state index < -0.39 is 6.10 Å². The summed E-state index contributed by atoms with van der Waals surface area (Å²) in [6.45, 7) is 5.88. The van der Waals surface area contributed by atoms with Gasteiger partial charge in [-0.25, -0.2) is 4.98 Å². The number of aliphatic hydroxyl groups excluding tert-OH is 1. The molecule has 2 aliphatic rings. The van der Waals surface area contributed by atoms with E-state index in [4.69, 9.17) is 4.98 Å². The molecule has 2 atom stereocenters. The number of hydrogen-bond donors (Lipinski definition) is 3. The first-order chi connectivity index (χ1) is 17.3. The Morgan fingerprint density at radius 3 is 1.95 bits per heavy atom. The third-order valence-electron chi connectivity index (χ3n) is 8.01. The molecule has 2 unspecified atom stereocenters. The van der Waals surface area contributed by atoms with E-state index in [-0.39, 0.29) is 49.2 Å². The monoisotopic (exact) mass is 580 g/mol. The highest BCUT2D eigenvalue weighted by molar-refractivity contribution is 5.86. The molecular weight excluding hydrogens is 539 g/mol. The summed E-state index contributed by atoms with van der Waals surface area (Å²) in [7, 11) is 0. The van der Waals surface area contributed by atoms with Crippen molar-refractivity contribution in [2.75, 3.05) is 26.2 Å². The zero-order valence-corrected chi connectivity index (χ0v) is 24.7. The lowest BCUT2D eigenvalue weighted by atomic mass is 9.80. The lowest BCUT2D eigenvalue weighted by Crippen LogP contribution is -2.52. The van der Waals surface area contributed by atoms with Crippen molar-refractivity contribution in [3.63, 3.8) is 0 Å². The predicted octanol–water partition coefficient (Wildman–Crippen LogP) is 6.42. The summed E-state index contributed by atoms with van der Waals surface area (Å²) in [5.41, 5.74) is 4.43. The van der Waals surface area contributed by atoms with Crippen LogP contribution in [0.25, 0.3) is 0 Å². The third kappa shape index (κ3) is 7.32. The van der Waals surface area contributed by atoms with Crippen molar-refractivity contribution in [3.05, 3.63) is 89.0 Å². The van der Waals surface area contributed by atoms with Crippen molar-refractivity contribution in [1.29, 1.82) is 0 Å². The molecule has 1 aliphatic carbocycles.